The number of carbonyl (C=O) groups is 3. The highest BCUT2D eigenvalue weighted by Crippen LogP contribution is 2.42. The Balaban J connectivity index is 0.685. The van der Waals surface area contributed by atoms with Crippen molar-refractivity contribution in [1.29, 1.82) is 0 Å². The number of nitrogens with one attached hydrogen (secondary N) is 3. The molecule has 1 saturated carbocycles. The predicted octanol–water partition coefficient (Wildman–Crippen LogP) is 8.42. The highest BCUT2D eigenvalue weighted by Gasteiger charge is 2.46. The van der Waals surface area contributed by atoms with E-state index in [2.05, 4.69) is 20.9 Å². The third-order valence-electron chi connectivity index (χ3n) is 13.4. The van der Waals surface area contributed by atoms with Crippen LogP contribution < -0.4 is 26.6 Å². The van der Waals surface area contributed by atoms with Crippen LogP contribution in [0, 0.1) is 23.0 Å². The van der Waals surface area contributed by atoms with Gasteiger partial charge < -0.3 is 54.7 Å². The van der Waals surface area contributed by atoms with E-state index in [0.717, 1.165) is 87.0 Å². The Morgan fingerprint density at radius 3 is 2.01 bits per heavy atom. The molecule has 0 spiro atoms. The number of fused-ring (bicyclic) bond motifs is 1. The summed E-state index contributed by atoms with van der Waals surface area (Å²) < 4.78 is 33.3. The minimum absolute atomic E-state index is 0.0416. The van der Waals surface area contributed by atoms with Crippen LogP contribution in [0.5, 0.6) is 0 Å². The lowest BCUT2D eigenvalue weighted by atomic mass is 9.84. The lowest BCUT2D eigenvalue weighted by Gasteiger charge is -2.35. The van der Waals surface area contributed by atoms with Gasteiger partial charge in [0.25, 0.3) is 11.8 Å². The molecule has 0 radical (unpaired) electrons. The van der Waals surface area contributed by atoms with Gasteiger partial charge >= 0.3 is 5.88 Å². The van der Waals surface area contributed by atoms with Crippen LogP contribution in [-0.2, 0) is 34.9 Å². The van der Waals surface area contributed by atoms with Gasteiger partial charge in [-0.1, -0.05) is 62.1 Å². The second-order valence-corrected chi connectivity index (χ2v) is 18.9. The minimum atomic E-state index is -0.686. The summed E-state index contributed by atoms with van der Waals surface area (Å²) in [6.45, 7) is 8.88. The molecule has 5 aromatic rings. The molecule has 5 N–H and O–H groups in total. The van der Waals surface area contributed by atoms with E-state index in [1.54, 1.807) is 12.1 Å². The number of nitrogens with zero attached hydrogens (tertiary/aromatic N) is 4. The average Bonchev–Trinajstić information content (AvgIpc) is 4.08. The van der Waals surface area contributed by atoms with Crippen molar-refractivity contribution in [1.82, 2.24) is 20.6 Å². The van der Waals surface area contributed by atoms with Crippen LogP contribution in [0.4, 0.5) is 23.1 Å². The first-order valence-electron chi connectivity index (χ1n) is 26.2. The van der Waals surface area contributed by atoms with Gasteiger partial charge in [0, 0.05) is 42.2 Å². The SMILES string of the molecule is Cc1nc([C@H](C)NC(=O)c2ccc(-c3ccc(N)cc3)cc2)cc(N2[C@H](C(=O)NCCOCCOCCOCCOCCOCCCCCCc3ccc(NC(=O)c4ccc([N+](=O)[O-])o4)cc3)C[C@@H]3CCCC[C@@H]32)n1. The van der Waals surface area contributed by atoms with E-state index >= 15 is 0 Å². The first kappa shape index (κ1) is 56.0. The number of furan rings is 1. The molecule has 2 aliphatic rings. The van der Waals surface area contributed by atoms with Crippen molar-refractivity contribution >= 4 is 40.8 Å². The number of aryl methyl sites for hydroxylation is 2. The van der Waals surface area contributed by atoms with Gasteiger partial charge in [-0.05, 0) is 117 Å². The maximum absolute atomic E-state index is 13.8. The van der Waals surface area contributed by atoms with E-state index < -0.39 is 22.8 Å². The molecule has 402 valence electrons. The summed E-state index contributed by atoms with van der Waals surface area (Å²) in [7, 11) is 0. The van der Waals surface area contributed by atoms with Gasteiger partial charge in [-0.25, -0.2) is 9.97 Å². The zero-order chi connectivity index (χ0) is 52.8. The van der Waals surface area contributed by atoms with Crippen LogP contribution in [-0.4, -0.2) is 117 Å². The molecule has 1 saturated heterocycles. The molecule has 3 heterocycles. The summed E-state index contributed by atoms with van der Waals surface area (Å²) in [5, 5.41) is 19.7. The Bertz CT molecular complexity index is 2580. The molecule has 75 heavy (non-hydrogen) atoms. The summed E-state index contributed by atoms with van der Waals surface area (Å²) in [6, 6.07) is 26.4. The normalized spacial score (nSPS) is 16.6. The van der Waals surface area contributed by atoms with Crippen molar-refractivity contribution in [2.75, 3.05) is 88.6 Å². The molecule has 7 rings (SSSR count). The van der Waals surface area contributed by atoms with E-state index in [1.807, 2.05) is 80.6 Å². The van der Waals surface area contributed by atoms with E-state index in [-0.39, 0.29) is 29.7 Å². The molecule has 3 aromatic carbocycles. The second kappa shape index (κ2) is 29.4. The average molecular weight is 1030 g/mol. The number of hydrogen-bond acceptors (Lipinski definition) is 15. The quantitative estimate of drug-likeness (QED) is 0.0141. The van der Waals surface area contributed by atoms with E-state index in [1.165, 1.54) is 6.07 Å². The molecular formula is C56H72N8O11. The van der Waals surface area contributed by atoms with Crippen LogP contribution in [0.3, 0.4) is 0 Å². The lowest BCUT2D eigenvalue weighted by molar-refractivity contribution is -0.402. The number of unbranched alkanes of at least 4 members (excludes halogenated alkanes) is 3. The minimum Gasteiger partial charge on any atom is -0.399 e. The smallest absolute Gasteiger partial charge is 0.399 e. The van der Waals surface area contributed by atoms with E-state index in [0.29, 0.717) is 113 Å². The zero-order valence-electron chi connectivity index (χ0n) is 43.2. The number of carbonyl (C=O) groups excluding carboxylic acids is 3. The summed E-state index contributed by atoms with van der Waals surface area (Å²) >= 11 is 0. The number of benzene rings is 3. The number of rotatable bonds is 31. The van der Waals surface area contributed by atoms with Crippen LogP contribution >= 0.6 is 0 Å². The Morgan fingerprint density at radius 1 is 0.747 bits per heavy atom. The Hall–Kier alpha value is -6.77. The lowest BCUT2D eigenvalue weighted by Crippen LogP contribution is -2.48. The first-order chi connectivity index (χ1) is 36.5. The summed E-state index contributed by atoms with van der Waals surface area (Å²) in [5.41, 5.74) is 11.5. The van der Waals surface area contributed by atoms with E-state index in [4.69, 9.17) is 43.8 Å². The van der Waals surface area contributed by atoms with Crippen molar-refractivity contribution in [3.63, 3.8) is 0 Å². The predicted molar refractivity (Wildman–Crippen MR) is 285 cm³/mol. The fourth-order valence-corrected chi connectivity index (χ4v) is 9.52. The van der Waals surface area contributed by atoms with Crippen molar-refractivity contribution in [3.05, 3.63) is 130 Å². The summed E-state index contributed by atoms with van der Waals surface area (Å²) in [5.74, 6) is 0.316. The van der Waals surface area contributed by atoms with E-state index in [9.17, 15) is 24.5 Å². The van der Waals surface area contributed by atoms with Gasteiger partial charge in [-0.2, -0.15) is 0 Å². The van der Waals surface area contributed by atoms with Gasteiger partial charge in [-0.3, -0.25) is 24.5 Å². The molecule has 19 nitrogen and oxygen atoms in total. The van der Waals surface area contributed by atoms with Crippen LogP contribution in [0.25, 0.3) is 11.1 Å². The number of nitrogens with two attached hydrogens (primary N) is 1. The zero-order valence-corrected chi connectivity index (χ0v) is 43.2. The molecule has 0 bridgehead atoms. The standard InChI is InChI=1S/C56H72N8O11/c1-39(59-54(65)44-16-14-42(15-17-44)43-18-20-46(57)21-19-43)48-38-52(61-40(2)60-48)63-49-11-7-6-10-45(49)37-50(63)55(66)58-26-28-71-30-32-73-34-36-74-35-33-72-31-29-70-27-8-4-3-5-9-41-12-22-47(23-13-41)62-56(67)51-24-25-53(75-51)64(68)69/h12-25,38-39,45,49-50H,3-11,26-37,57H2,1-2H3,(H,58,66)(H,59,65)(H,62,67)/t39-,45-,49-,50-/m0/s1. The van der Waals surface area contributed by atoms with Gasteiger partial charge in [0.2, 0.25) is 5.91 Å². The van der Waals surface area contributed by atoms with Gasteiger partial charge in [0.1, 0.15) is 22.6 Å². The first-order valence-corrected chi connectivity index (χ1v) is 26.2. The molecule has 19 heteroatoms. The van der Waals surface area contributed by atoms with Crippen molar-refractivity contribution < 1.29 is 47.4 Å². The van der Waals surface area contributed by atoms with Crippen LogP contribution in [0.1, 0.15) is 109 Å². The molecule has 3 amide bonds. The monoisotopic (exact) mass is 1030 g/mol. The fourth-order valence-electron chi connectivity index (χ4n) is 9.52. The van der Waals surface area contributed by atoms with Crippen LogP contribution in [0.2, 0.25) is 0 Å². The number of aromatic nitrogens is 2. The molecule has 2 fully saturated rings. The highest BCUT2D eigenvalue weighted by molar-refractivity contribution is 6.02. The summed E-state index contributed by atoms with van der Waals surface area (Å²) in [6.07, 6.45) is 10.2. The number of amides is 3. The number of ether oxygens (including phenoxy) is 5. The molecule has 4 atom stereocenters. The molecule has 0 unspecified atom stereocenters. The number of anilines is 3. The van der Waals surface area contributed by atoms with Gasteiger partial charge in [-0.15, -0.1) is 0 Å². The highest BCUT2D eigenvalue weighted by atomic mass is 16.6. The largest absolute Gasteiger partial charge is 0.433 e. The number of nitro groups is 1. The van der Waals surface area contributed by atoms with Crippen LogP contribution in [0.15, 0.2) is 95.4 Å². The Kier molecular flexibility index (Phi) is 21.9. The van der Waals surface area contributed by atoms with Crippen molar-refractivity contribution in [2.24, 2.45) is 5.92 Å². The fraction of sp³-hybridized carbons (Fsp3) is 0.482. The summed E-state index contributed by atoms with van der Waals surface area (Å²) in [4.78, 5) is 61.3. The topological polar surface area (TPSA) is 245 Å². The Labute approximate surface area is 438 Å². The van der Waals surface area contributed by atoms with Gasteiger partial charge in [0.15, 0.2) is 5.76 Å². The number of hydrogen-bond donors (Lipinski definition) is 4. The molecule has 1 aliphatic heterocycles. The third kappa shape index (κ3) is 17.4. The Morgan fingerprint density at radius 2 is 1.36 bits per heavy atom. The maximum Gasteiger partial charge on any atom is 0.433 e. The number of nitrogen functional groups attached to an aromatic ring is 1. The second-order valence-electron chi connectivity index (χ2n) is 18.9. The maximum atomic E-state index is 13.8. The van der Waals surface area contributed by atoms with Crippen molar-refractivity contribution in [3.8, 4) is 11.1 Å². The molecular weight excluding hydrogens is 961 g/mol. The molecule has 2 aromatic heterocycles. The van der Waals surface area contributed by atoms with Gasteiger partial charge in [0.05, 0.1) is 77.3 Å². The third-order valence-corrected chi connectivity index (χ3v) is 13.4. The van der Waals surface area contributed by atoms with Crippen molar-refractivity contribution in [2.45, 2.75) is 96.2 Å². The molecule has 1 aliphatic carbocycles.